The molecule has 1 aliphatic rings. The van der Waals surface area contributed by atoms with Gasteiger partial charge >= 0.3 is 0 Å². The van der Waals surface area contributed by atoms with E-state index < -0.39 is 23.6 Å². The Balaban J connectivity index is 1.45. The van der Waals surface area contributed by atoms with Crippen LogP contribution in [0.1, 0.15) is 16.7 Å². The van der Waals surface area contributed by atoms with Crippen LogP contribution < -0.4 is 19.5 Å². The van der Waals surface area contributed by atoms with Crippen molar-refractivity contribution in [3.63, 3.8) is 0 Å². The summed E-state index contributed by atoms with van der Waals surface area (Å²) >= 11 is 4.30. The van der Waals surface area contributed by atoms with Gasteiger partial charge < -0.3 is 19.5 Å². The van der Waals surface area contributed by atoms with Gasteiger partial charge in [0.15, 0.2) is 11.5 Å². The van der Waals surface area contributed by atoms with Crippen LogP contribution in [-0.4, -0.2) is 42.7 Å². The summed E-state index contributed by atoms with van der Waals surface area (Å²) in [5, 5.41) is 2.15. The quantitative estimate of drug-likeness (QED) is 0.301. The second kappa shape index (κ2) is 12.2. The second-order valence-corrected chi connectivity index (χ2v) is 10.2. The van der Waals surface area contributed by atoms with Crippen molar-refractivity contribution in [1.29, 1.82) is 0 Å². The third-order valence-electron chi connectivity index (χ3n) is 5.60. The SMILES string of the molecule is COc1ccc(NC(=O)CN2C(=O)S/C(=C/c3cc(OC)c(OCc4cccc(C)c4)cc3Br)C2=O)cc1. The number of hydrogen-bond acceptors (Lipinski definition) is 7. The number of carbonyl (C=O) groups is 3. The zero-order valence-electron chi connectivity index (χ0n) is 20.9. The molecule has 1 fully saturated rings. The standard InChI is InChI=1S/C28H25BrN2O6S/c1-17-5-4-6-18(11-17)16-37-24-14-22(29)19(12-23(24)36-3)13-25-27(33)31(28(34)38-25)15-26(32)30-20-7-9-21(35-2)10-8-20/h4-14H,15-16H2,1-3H3,(H,30,32)/b25-13+. The topological polar surface area (TPSA) is 94.2 Å². The molecule has 196 valence electrons. The first-order valence-electron chi connectivity index (χ1n) is 11.5. The van der Waals surface area contributed by atoms with E-state index in [2.05, 4.69) is 21.2 Å². The van der Waals surface area contributed by atoms with Crippen molar-refractivity contribution < 1.29 is 28.6 Å². The number of methoxy groups -OCH3 is 2. The Kier molecular flexibility index (Phi) is 8.75. The van der Waals surface area contributed by atoms with Gasteiger partial charge in [-0.15, -0.1) is 0 Å². The fourth-order valence-corrected chi connectivity index (χ4v) is 4.96. The van der Waals surface area contributed by atoms with Gasteiger partial charge in [0, 0.05) is 10.2 Å². The predicted octanol–water partition coefficient (Wildman–Crippen LogP) is 6.03. The summed E-state index contributed by atoms with van der Waals surface area (Å²) in [4.78, 5) is 39.1. The highest BCUT2D eigenvalue weighted by molar-refractivity contribution is 9.10. The number of imide groups is 1. The molecular weight excluding hydrogens is 572 g/mol. The van der Waals surface area contributed by atoms with E-state index in [4.69, 9.17) is 14.2 Å². The first-order valence-corrected chi connectivity index (χ1v) is 13.1. The number of carbonyl (C=O) groups excluding carboxylic acids is 3. The molecule has 8 nitrogen and oxygen atoms in total. The Morgan fingerprint density at radius 1 is 1.03 bits per heavy atom. The molecule has 0 bridgehead atoms. The van der Waals surface area contributed by atoms with Crippen LogP contribution >= 0.6 is 27.7 Å². The van der Waals surface area contributed by atoms with Gasteiger partial charge in [-0.3, -0.25) is 19.3 Å². The van der Waals surface area contributed by atoms with Crippen LogP contribution in [0.4, 0.5) is 10.5 Å². The van der Waals surface area contributed by atoms with Crippen molar-refractivity contribution in [2.24, 2.45) is 0 Å². The van der Waals surface area contributed by atoms with Crippen LogP contribution in [0.25, 0.3) is 6.08 Å². The third kappa shape index (κ3) is 6.56. The number of aryl methyl sites for hydroxylation is 1. The van der Waals surface area contributed by atoms with Crippen LogP contribution in [0.2, 0.25) is 0 Å². The number of hydrogen-bond donors (Lipinski definition) is 1. The average Bonchev–Trinajstić information content (AvgIpc) is 3.16. The Labute approximate surface area is 233 Å². The summed E-state index contributed by atoms with van der Waals surface area (Å²) in [6.07, 6.45) is 1.59. The first kappa shape index (κ1) is 27.3. The molecule has 3 aromatic rings. The predicted molar refractivity (Wildman–Crippen MR) is 151 cm³/mol. The number of ether oxygens (including phenoxy) is 3. The van der Waals surface area contributed by atoms with Gasteiger partial charge in [0.1, 0.15) is 18.9 Å². The molecule has 1 heterocycles. The van der Waals surface area contributed by atoms with Gasteiger partial charge in [-0.25, -0.2) is 0 Å². The molecule has 4 rings (SSSR count). The van der Waals surface area contributed by atoms with Crippen LogP contribution in [0.15, 0.2) is 70.0 Å². The summed E-state index contributed by atoms with van der Waals surface area (Å²) in [5.74, 6) is 0.617. The van der Waals surface area contributed by atoms with Crippen LogP contribution in [0, 0.1) is 6.92 Å². The van der Waals surface area contributed by atoms with E-state index in [-0.39, 0.29) is 4.91 Å². The molecule has 0 unspecified atom stereocenters. The molecule has 3 aromatic carbocycles. The molecule has 3 amide bonds. The van der Waals surface area contributed by atoms with E-state index in [1.54, 1.807) is 49.6 Å². The van der Waals surface area contributed by atoms with Crippen molar-refractivity contribution in [1.82, 2.24) is 4.90 Å². The van der Waals surface area contributed by atoms with Gasteiger partial charge in [0.2, 0.25) is 5.91 Å². The molecule has 10 heteroatoms. The Bertz CT molecular complexity index is 1410. The monoisotopic (exact) mass is 596 g/mol. The van der Waals surface area contributed by atoms with Crippen molar-refractivity contribution in [2.75, 3.05) is 26.1 Å². The minimum Gasteiger partial charge on any atom is -0.497 e. The molecule has 1 N–H and O–H groups in total. The largest absolute Gasteiger partial charge is 0.497 e. The fourth-order valence-electron chi connectivity index (χ4n) is 3.69. The van der Waals surface area contributed by atoms with Crippen molar-refractivity contribution >= 4 is 56.5 Å². The van der Waals surface area contributed by atoms with Crippen molar-refractivity contribution in [3.05, 3.63) is 86.7 Å². The first-order chi connectivity index (χ1) is 18.3. The molecular formula is C28H25BrN2O6S. The van der Waals surface area contributed by atoms with E-state index in [1.807, 2.05) is 31.2 Å². The van der Waals surface area contributed by atoms with Gasteiger partial charge in [-0.05, 0) is 72.3 Å². The molecule has 0 aromatic heterocycles. The molecule has 0 atom stereocenters. The fraction of sp³-hybridized carbons (Fsp3) is 0.179. The summed E-state index contributed by atoms with van der Waals surface area (Å²) in [5.41, 5.74) is 3.32. The number of nitrogens with one attached hydrogen (secondary N) is 1. The van der Waals surface area contributed by atoms with E-state index >= 15 is 0 Å². The van der Waals surface area contributed by atoms with E-state index in [1.165, 1.54) is 7.11 Å². The van der Waals surface area contributed by atoms with Gasteiger partial charge in [0.05, 0.1) is 19.1 Å². The summed E-state index contributed by atoms with van der Waals surface area (Å²) in [6, 6.07) is 18.2. The summed E-state index contributed by atoms with van der Waals surface area (Å²) in [6.45, 7) is 1.98. The maximum atomic E-state index is 13.0. The smallest absolute Gasteiger partial charge is 0.294 e. The molecule has 0 radical (unpaired) electrons. The number of amides is 3. The zero-order chi connectivity index (χ0) is 27.2. The molecule has 1 aliphatic heterocycles. The summed E-state index contributed by atoms with van der Waals surface area (Å²) < 4.78 is 17.2. The van der Waals surface area contributed by atoms with Crippen LogP contribution in [0.5, 0.6) is 17.2 Å². The Hall–Kier alpha value is -3.76. The molecule has 1 saturated heterocycles. The second-order valence-electron chi connectivity index (χ2n) is 8.35. The lowest BCUT2D eigenvalue weighted by Gasteiger charge is -2.14. The number of benzene rings is 3. The average molecular weight is 597 g/mol. The number of rotatable bonds is 9. The number of thioether (sulfide) groups is 1. The minimum atomic E-state index is -0.546. The van der Waals surface area contributed by atoms with Gasteiger partial charge in [0.25, 0.3) is 11.1 Å². The van der Waals surface area contributed by atoms with Crippen molar-refractivity contribution in [2.45, 2.75) is 13.5 Å². The molecule has 0 spiro atoms. The molecule has 38 heavy (non-hydrogen) atoms. The van der Waals surface area contributed by atoms with E-state index in [0.717, 1.165) is 27.8 Å². The van der Waals surface area contributed by atoms with Crippen LogP contribution in [-0.2, 0) is 16.2 Å². The van der Waals surface area contributed by atoms with Gasteiger partial charge in [-0.2, -0.15) is 0 Å². The lowest BCUT2D eigenvalue weighted by molar-refractivity contribution is -0.127. The van der Waals surface area contributed by atoms with E-state index in [0.29, 0.717) is 39.6 Å². The summed E-state index contributed by atoms with van der Waals surface area (Å²) in [7, 11) is 3.08. The molecule has 0 aliphatic carbocycles. The molecule has 0 saturated carbocycles. The Morgan fingerprint density at radius 2 is 1.79 bits per heavy atom. The lowest BCUT2D eigenvalue weighted by atomic mass is 10.1. The highest BCUT2D eigenvalue weighted by atomic mass is 79.9. The normalized spacial score (nSPS) is 14.1. The lowest BCUT2D eigenvalue weighted by Crippen LogP contribution is -2.36. The maximum absolute atomic E-state index is 13.0. The van der Waals surface area contributed by atoms with Crippen molar-refractivity contribution in [3.8, 4) is 17.2 Å². The van der Waals surface area contributed by atoms with E-state index in [9.17, 15) is 14.4 Å². The Morgan fingerprint density at radius 3 is 2.47 bits per heavy atom. The number of anilines is 1. The maximum Gasteiger partial charge on any atom is 0.294 e. The minimum absolute atomic E-state index is 0.198. The zero-order valence-corrected chi connectivity index (χ0v) is 23.4. The number of halogens is 1. The highest BCUT2D eigenvalue weighted by Crippen LogP contribution is 2.38. The third-order valence-corrected chi connectivity index (χ3v) is 7.19. The van der Waals surface area contributed by atoms with Crippen LogP contribution in [0.3, 0.4) is 0 Å². The highest BCUT2D eigenvalue weighted by Gasteiger charge is 2.36. The number of nitrogens with zero attached hydrogens (tertiary/aromatic N) is 1. The van der Waals surface area contributed by atoms with Gasteiger partial charge in [-0.1, -0.05) is 45.8 Å².